The molecule has 0 spiro atoms. The molecule has 4 aliphatic rings. The molecule has 8 heteroatoms. The van der Waals surface area contributed by atoms with E-state index in [0.717, 1.165) is 200 Å². The SMILES string of the molecule is CC#CCOc1ccc2cc(C3(c4ccc(C(c5ccc(C6(c7ccc8cc(OCC#CC)ccc8c7)c7ccccc7-c7cnccc76)cc5)(c5ccc(C6(c7ccc8cc(OCC#CC)ccc8c7)c7ccccc7-c7cnccc76)cc5)c5ccc(C6(c7ccc8cc(OCC#CC)ccc8c7)c7ccccc7-c7cnccc76)cc5)cc4)c4ccccc4-c4cnccc43)ccc2c1. The lowest BCUT2D eigenvalue weighted by molar-refractivity contribution is 0.370. The average molecular weight is 1760 g/mol. The lowest BCUT2D eigenvalue weighted by atomic mass is 9.61. The van der Waals surface area contributed by atoms with Crippen LogP contribution in [0.2, 0.25) is 0 Å². The Balaban J connectivity index is 0.777. The Hall–Kier alpha value is -17.4. The second-order valence-electron chi connectivity index (χ2n) is 35.7. The molecule has 0 bridgehead atoms. The van der Waals surface area contributed by atoms with Crippen molar-refractivity contribution in [2.24, 2.45) is 0 Å². The highest BCUT2D eigenvalue weighted by molar-refractivity contribution is 5.96. The number of benzene rings is 16. The van der Waals surface area contributed by atoms with Crippen LogP contribution < -0.4 is 18.9 Å². The summed E-state index contributed by atoms with van der Waals surface area (Å²) in [5.74, 6) is 27.4. The summed E-state index contributed by atoms with van der Waals surface area (Å²) < 4.78 is 24.8. The molecule has 4 atom stereocenters. The fourth-order valence-corrected chi connectivity index (χ4v) is 23.5. The van der Waals surface area contributed by atoms with E-state index in [4.69, 9.17) is 38.9 Å². The Labute approximate surface area is 797 Å². The van der Waals surface area contributed by atoms with Crippen molar-refractivity contribution < 1.29 is 18.9 Å². The van der Waals surface area contributed by atoms with Gasteiger partial charge >= 0.3 is 0 Å². The van der Waals surface area contributed by atoms with E-state index in [1.165, 1.54) is 22.3 Å². The van der Waals surface area contributed by atoms with E-state index in [9.17, 15) is 0 Å². The van der Waals surface area contributed by atoms with Crippen molar-refractivity contribution in [2.45, 2.75) is 54.8 Å². The highest BCUT2D eigenvalue weighted by Gasteiger charge is 2.53. The van der Waals surface area contributed by atoms with E-state index < -0.39 is 27.1 Å². The fraction of sp³-hybridized carbons (Fsp3) is 0.101. The van der Waals surface area contributed by atoms with Gasteiger partial charge in [0.1, 0.15) is 49.4 Å². The molecule has 0 fully saturated rings. The minimum atomic E-state index is -1.14. The summed E-state index contributed by atoms with van der Waals surface area (Å²) in [7, 11) is 0. The summed E-state index contributed by atoms with van der Waals surface area (Å²) in [5, 5.41) is 8.62. The number of aromatic nitrogens is 4. The van der Waals surface area contributed by atoms with E-state index in [1.54, 1.807) is 0 Å². The van der Waals surface area contributed by atoms with Gasteiger partial charge in [-0.25, -0.2) is 0 Å². The van der Waals surface area contributed by atoms with Gasteiger partial charge in [-0.3, -0.25) is 19.9 Å². The summed E-state index contributed by atoms with van der Waals surface area (Å²) >= 11 is 0. The predicted octanol–water partition coefficient (Wildman–Crippen LogP) is 27.3. The maximum Gasteiger partial charge on any atom is 0.149 e. The van der Waals surface area contributed by atoms with Crippen LogP contribution in [0, 0.1) is 47.4 Å². The molecule has 0 saturated carbocycles. The number of pyridine rings is 4. The van der Waals surface area contributed by atoms with Crippen molar-refractivity contribution in [1.82, 2.24) is 19.9 Å². The van der Waals surface area contributed by atoms with Crippen LogP contribution in [-0.4, -0.2) is 46.4 Å². The molecule has 4 aliphatic carbocycles. The topological polar surface area (TPSA) is 88.5 Å². The molecular weight excluding hydrogens is 1670 g/mol. The Morgan fingerprint density at radius 3 is 0.628 bits per heavy atom. The van der Waals surface area contributed by atoms with Gasteiger partial charge in [-0.2, -0.15) is 0 Å². The van der Waals surface area contributed by atoms with Crippen LogP contribution in [0.25, 0.3) is 87.6 Å². The third-order valence-electron chi connectivity index (χ3n) is 29.3. The maximum atomic E-state index is 6.21. The Kier molecular flexibility index (Phi) is 20.4. The minimum absolute atomic E-state index is 0.306. The summed E-state index contributed by atoms with van der Waals surface area (Å²) in [5.41, 5.74) is 26.9. The van der Waals surface area contributed by atoms with Crippen LogP contribution in [0.4, 0.5) is 0 Å². The van der Waals surface area contributed by atoms with Crippen LogP contribution >= 0.6 is 0 Å². The monoisotopic (exact) mass is 1760 g/mol. The van der Waals surface area contributed by atoms with Gasteiger partial charge in [0.15, 0.2) is 0 Å². The Morgan fingerprint density at radius 1 is 0.204 bits per heavy atom. The molecule has 4 heterocycles. The van der Waals surface area contributed by atoms with Crippen LogP contribution in [0.15, 0.2) is 414 Å². The van der Waals surface area contributed by atoms with Gasteiger partial charge in [0.05, 0.1) is 27.1 Å². The molecule has 24 rings (SSSR count). The lowest BCUT2D eigenvalue weighted by Crippen LogP contribution is -2.34. The maximum absolute atomic E-state index is 6.21. The van der Waals surface area contributed by atoms with Gasteiger partial charge in [0, 0.05) is 71.8 Å². The van der Waals surface area contributed by atoms with Crippen molar-refractivity contribution in [1.29, 1.82) is 0 Å². The zero-order valence-corrected chi connectivity index (χ0v) is 76.0. The normalized spacial score (nSPS) is 16.7. The third-order valence-corrected chi connectivity index (χ3v) is 29.3. The van der Waals surface area contributed by atoms with Crippen molar-refractivity contribution in [3.8, 4) is 115 Å². The molecule has 648 valence electrons. The molecule has 4 aromatic heterocycles. The van der Waals surface area contributed by atoms with Gasteiger partial charge in [-0.1, -0.05) is 291 Å². The van der Waals surface area contributed by atoms with Crippen molar-refractivity contribution in [3.05, 3.63) is 525 Å². The molecule has 0 N–H and O–H groups in total. The van der Waals surface area contributed by atoms with E-state index in [2.05, 4.69) is 436 Å². The molecule has 8 nitrogen and oxygen atoms in total. The second-order valence-corrected chi connectivity index (χ2v) is 35.7. The highest BCUT2D eigenvalue weighted by Crippen LogP contribution is 2.63. The minimum Gasteiger partial charge on any atom is -0.481 e. The molecule has 137 heavy (non-hydrogen) atoms. The van der Waals surface area contributed by atoms with E-state index in [0.29, 0.717) is 26.4 Å². The standard InChI is InChI=1S/C129H88N4O4/c1-5-9-69-134-105-57-33-85-73-101(37-29-89(85)77-105)126(117-25-17-13-21-109(117)113-81-130-65-61-121(113)126)97-49-41-93(42-50-97)125(94-43-51-98(52-44-94)127(118-26-18-14-22-110(118)114-82-131-66-62-122(114)127)102-38-30-90-78-106(135-70-10-6-2)58-34-86(90)74-102,95-45-53-99(54-46-95)128(119-27-19-15-23-111(119)115-83-132-67-63-123(115)128)103-39-31-91-79-107(136-71-11-7-3)59-35-87(91)75-103)96-47-55-100(56-48-96)129(120-28-20-16-24-112(120)116-84-133-68-64-124(116)129)104-40-32-92-80-108(137-72-12-8-4)60-36-88(92)76-104/h13-68,73-84H,69-72H2,1-4H3. The number of fused-ring (bicyclic) bond motifs is 16. The van der Waals surface area contributed by atoms with E-state index in [1.807, 2.05) is 52.5 Å². The average Bonchev–Trinajstić information content (AvgIpc) is 1.57. The summed E-state index contributed by atoms with van der Waals surface area (Å²) in [6.45, 7) is 8.58. The van der Waals surface area contributed by atoms with E-state index >= 15 is 0 Å². The first-order valence-electron chi connectivity index (χ1n) is 46.6. The number of hydrogen-bond donors (Lipinski definition) is 0. The molecule has 0 aliphatic heterocycles. The largest absolute Gasteiger partial charge is 0.481 e. The molecule has 4 unspecified atom stereocenters. The highest BCUT2D eigenvalue weighted by atomic mass is 16.5. The molecule has 0 saturated heterocycles. The van der Waals surface area contributed by atoms with Gasteiger partial charge in [0.2, 0.25) is 0 Å². The number of hydrogen-bond acceptors (Lipinski definition) is 8. The van der Waals surface area contributed by atoms with Crippen LogP contribution in [0.1, 0.15) is 139 Å². The van der Waals surface area contributed by atoms with Gasteiger partial charge in [-0.05, 0) is 301 Å². The molecule has 20 aromatic rings. The number of ether oxygens (including phenoxy) is 4. The predicted molar refractivity (Wildman–Crippen MR) is 551 cm³/mol. The molecule has 0 amide bonds. The zero-order valence-electron chi connectivity index (χ0n) is 76.0. The Morgan fingerprint density at radius 2 is 0.401 bits per heavy atom. The number of nitrogens with zero attached hydrogens (tertiary/aromatic N) is 4. The van der Waals surface area contributed by atoms with Crippen molar-refractivity contribution in [2.75, 3.05) is 26.4 Å². The van der Waals surface area contributed by atoms with Gasteiger partial charge in [-0.15, -0.1) is 23.7 Å². The fourth-order valence-electron chi connectivity index (χ4n) is 23.5. The van der Waals surface area contributed by atoms with Crippen LogP contribution in [0.3, 0.4) is 0 Å². The van der Waals surface area contributed by atoms with Gasteiger partial charge < -0.3 is 18.9 Å². The second kappa shape index (κ2) is 33.7. The lowest BCUT2D eigenvalue weighted by Gasteiger charge is -2.40. The first kappa shape index (κ1) is 82.7. The molecule has 16 aromatic carbocycles. The summed E-state index contributed by atoms with van der Waals surface area (Å²) in [4.78, 5) is 19.6. The van der Waals surface area contributed by atoms with E-state index in [-0.39, 0.29) is 0 Å². The number of rotatable bonds is 20. The molecule has 0 radical (unpaired) electrons. The molecular formula is C129H88N4O4. The quantitative estimate of drug-likeness (QED) is 0.0551. The summed E-state index contributed by atoms with van der Waals surface area (Å²) in [6.07, 6.45) is 16.0. The first-order valence-corrected chi connectivity index (χ1v) is 46.6. The third kappa shape index (κ3) is 12.8. The first-order chi connectivity index (χ1) is 67.7. The van der Waals surface area contributed by atoms with Crippen LogP contribution in [-0.2, 0) is 27.1 Å². The Bertz CT molecular complexity index is 7390. The van der Waals surface area contributed by atoms with Crippen molar-refractivity contribution in [3.63, 3.8) is 0 Å². The van der Waals surface area contributed by atoms with Crippen molar-refractivity contribution >= 4 is 43.1 Å². The zero-order chi connectivity index (χ0) is 91.8. The van der Waals surface area contributed by atoms with Crippen LogP contribution in [0.5, 0.6) is 23.0 Å². The summed E-state index contributed by atoms with van der Waals surface area (Å²) in [6, 6.07) is 137. The smallest absolute Gasteiger partial charge is 0.149 e. The van der Waals surface area contributed by atoms with Gasteiger partial charge in [0.25, 0.3) is 0 Å².